The van der Waals surface area contributed by atoms with E-state index in [0.29, 0.717) is 29.5 Å². The van der Waals surface area contributed by atoms with Crippen LogP contribution in [-0.2, 0) is 14.3 Å². The van der Waals surface area contributed by atoms with Crippen molar-refractivity contribution in [3.05, 3.63) is 58.4 Å². The molecule has 2 aliphatic rings. The van der Waals surface area contributed by atoms with Crippen LogP contribution >= 0.6 is 11.6 Å². The lowest BCUT2D eigenvalue weighted by Crippen LogP contribution is -2.55. The molecule has 0 bridgehead atoms. The fourth-order valence-electron chi connectivity index (χ4n) is 6.07. The van der Waals surface area contributed by atoms with Crippen molar-refractivity contribution in [1.29, 1.82) is 0 Å². The fourth-order valence-corrected chi connectivity index (χ4v) is 6.14. The van der Waals surface area contributed by atoms with E-state index >= 15 is 0 Å². The number of rotatable bonds is 11. The smallest absolute Gasteiger partial charge is 0.337 e. The van der Waals surface area contributed by atoms with Gasteiger partial charge in [-0.2, -0.15) is 0 Å². The molecule has 1 saturated carbocycles. The third-order valence-corrected chi connectivity index (χ3v) is 8.63. The standard InChI is InChI=1S/C34H51ClN2O4.C2H6/c1-23-19-24(2)21-34(20-23,36-30(22-38)25(3)13-16-29(35)26(4)39)37(8)31(17-18-33(5,6)7)27-11-10-12-28(15-14-27)32(40)41-9;1-2/h10,12-16,22-25,31,39H,11,17-21H2,1-9H3;1-2H3/b16-13-,29-26-,36-30+;. The maximum Gasteiger partial charge on any atom is 0.337 e. The third kappa shape index (κ3) is 11.9. The van der Waals surface area contributed by atoms with E-state index in [0.717, 1.165) is 38.4 Å². The molecule has 2 aliphatic carbocycles. The summed E-state index contributed by atoms with van der Waals surface area (Å²) in [5.74, 6) is 0.281. The van der Waals surface area contributed by atoms with Gasteiger partial charge < -0.3 is 9.84 Å². The van der Waals surface area contributed by atoms with Crippen LogP contribution in [0.1, 0.15) is 101 Å². The van der Waals surface area contributed by atoms with Crippen molar-refractivity contribution >= 4 is 29.6 Å². The van der Waals surface area contributed by atoms with Gasteiger partial charge in [-0.25, -0.2) is 4.79 Å². The van der Waals surface area contributed by atoms with Gasteiger partial charge in [-0.05, 0) is 87.5 Å². The van der Waals surface area contributed by atoms with E-state index in [1.165, 1.54) is 19.6 Å². The lowest BCUT2D eigenvalue weighted by Gasteiger charge is -2.50. The van der Waals surface area contributed by atoms with E-state index in [9.17, 15) is 14.7 Å². The minimum absolute atomic E-state index is 0.0302. The molecule has 1 N–H and O–H groups in total. The highest BCUT2D eigenvalue weighted by Crippen LogP contribution is 2.44. The third-order valence-electron chi connectivity index (χ3n) is 8.23. The maximum atomic E-state index is 12.5. The topological polar surface area (TPSA) is 79.2 Å². The van der Waals surface area contributed by atoms with Crippen LogP contribution < -0.4 is 0 Å². The van der Waals surface area contributed by atoms with E-state index in [1.54, 1.807) is 6.08 Å². The average molecular weight is 617 g/mol. The molecule has 43 heavy (non-hydrogen) atoms. The first kappa shape index (κ1) is 38.6. The molecule has 2 rings (SSSR count). The average Bonchev–Trinajstić information content (AvgIpc) is 3.20. The number of carbonyl (C=O) groups excluding carboxylic acids is 2. The molecule has 0 aromatic carbocycles. The maximum absolute atomic E-state index is 12.5. The Balaban J connectivity index is 0.00000452. The number of likely N-dealkylation sites (N-methyl/N-ethyl adjacent to an activating group) is 1. The monoisotopic (exact) mass is 616 g/mol. The van der Waals surface area contributed by atoms with Crippen molar-refractivity contribution in [3.63, 3.8) is 0 Å². The molecule has 0 aromatic rings. The number of nitrogens with zero attached hydrogens (tertiary/aromatic N) is 2. The number of aldehydes is 1. The Hall–Kier alpha value is -2.44. The summed E-state index contributed by atoms with van der Waals surface area (Å²) in [4.78, 5) is 32.5. The van der Waals surface area contributed by atoms with E-state index in [-0.39, 0.29) is 34.1 Å². The van der Waals surface area contributed by atoms with Gasteiger partial charge >= 0.3 is 5.97 Å². The quantitative estimate of drug-likeness (QED) is 0.0823. The first-order valence-electron chi connectivity index (χ1n) is 15.8. The largest absolute Gasteiger partial charge is 0.511 e. The summed E-state index contributed by atoms with van der Waals surface area (Å²) >= 11 is 6.13. The highest BCUT2D eigenvalue weighted by Gasteiger charge is 2.44. The Morgan fingerprint density at radius 2 is 1.84 bits per heavy atom. The fraction of sp³-hybridized carbons (Fsp3) is 0.639. The summed E-state index contributed by atoms with van der Waals surface area (Å²) in [5.41, 5.74) is 1.77. The summed E-state index contributed by atoms with van der Waals surface area (Å²) < 4.78 is 4.96. The van der Waals surface area contributed by atoms with Gasteiger partial charge in [-0.15, -0.1) is 0 Å². The highest BCUT2D eigenvalue weighted by atomic mass is 35.5. The SMILES string of the molecule is CC.COC(=O)C1=CC=C(C(CCC(C)(C)C)N(C)C2(/N=C(\C=O)C(C)/C=C\C(Cl)=C(/C)O)CC(C)CC(C)C2)CC=C1. The lowest BCUT2D eigenvalue weighted by molar-refractivity contribution is -0.135. The number of carbonyl (C=O) groups is 2. The van der Waals surface area contributed by atoms with Crippen LogP contribution in [0.4, 0.5) is 0 Å². The van der Waals surface area contributed by atoms with Gasteiger partial charge in [0.25, 0.3) is 0 Å². The molecule has 1 fully saturated rings. The lowest BCUT2D eigenvalue weighted by atomic mass is 9.74. The summed E-state index contributed by atoms with van der Waals surface area (Å²) in [6.45, 7) is 18.8. The summed E-state index contributed by atoms with van der Waals surface area (Å²) in [6, 6.07) is 0.0570. The number of hydrogen-bond donors (Lipinski definition) is 1. The van der Waals surface area contributed by atoms with Crippen molar-refractivity contribution in [2.75, 3.05) is 14.2 Å². The van der Waals surface area contributed by atoms with Crippen LogP contribution in [0.3, 0.4) is 0 Å². The summed E-state index contributed by atoms with van der Waals surface area (Å²) in [6.07, 6.45) is 17.5. The highest BCUT2D eigenvalue weighted by molar-refractivity contribution is 6.32. The Kier molecular flexibility index (Phi) is 15.9. The van der Waals surface area contributed by atoms with E-state index < -0.39 is 5.66 Å². The van der Waals surface area contributed by atoms with Crippen molar-refractivity contribution in [3.8, 4) is 0 Å². The second-order valence-electron chi connectivity index (χ2n) is 13.3. The zero-order chi connectivity index (χ0) is 33.0. The first-order valence-corrected chi connectivity index (χ1v) is 16.2. The number of aliphatic imine (C=N–C) groups is 1. The summed E-state index contributed by atoms with van der Waals surface area (Å²) in [7, 11) is 3.55. The van der Waals surface area contributed by atoms with Crippen molar-refractivity contribution < 1.29 is 19.4 Å². The molecular weight excluding hydrogens is 560 g/mol. The molecule has 0 aliphatic heterocycles. The van der Waals surface area contributed by atoms with Crippen LogP contribution in [0.15, 0.2) is 63.4 Å². The number of halogens is 1. The van der Waals surface area contributed by atoms with Crippen LogP contribution in [0.2, 0.25) is 0 Å². The number of esters is 1. The van der Waals surface area contributed by atoms with Gasteiger partial charge in [0.15, 0.2) is 6.29 Å². The number of allylic oxidation sites excluding steroid dienone is 7. The molecular formula is C36H57ClN2O4. The van der Waals surface area contributed by atoms with Crippen molar-refractivity contribution in [2.24, 2.45) is 28.2 Å². The number of hydrogen-bond acceptors (Lipinski definition) is 6. The molecule has 0 aromatic heterocycles. The minimum atomic E-state index is -0.573. The first-order chi connectivity index (χ1) is 20.1. The molecule has 4 atom stereocenters. The second kappa shape index (κ2) is 17.8. The number of aliphatic hydroxyl groups excluding tert-OH is 1. The van der Waals surface area contributed by atoms with Crippen LogP contribution in [-0.4, -0.2) is 53.8 Å². The van der Waals surface area contributed by atoms with E-state index in [4.69, 9.17) is 21.3 Å². The number of ether oxygens (including phenoxy) is 1. The van der Waals surface area contributed by atoms with Gasteiger partial charge in [-0.1, -0.05) is 91.3 Å². The Labute approximate surface area is 266 Å². The Morgan fingerprint density at radius 3 is 2.35 bits per heavy atom. The number of methoxy groups -OCH3 is 1. The summed E-state index contributed by atoms with van der Waals surface area (Å²) in [5, 5.41) is 9.93. The molecule has 0 saturated heterocycles. The zero-order valence-corrected chi connectivity index (χ0v) is 29.3. The van der Waals surface area contributed by atoms with Crippen molar-refractivity contribution in [1.82, 2.24) is 4.90 Å². The van der Waals surface area contributed by atoms with Crippen molar-refractivity contribution in [2.45, 2.75) is 113 Å². The van der Waals surface area contributed by atoms with Gasteiger partial charge in [0.05, 0.1) is 23.4 Å². The predicted octanol–water partition coefficient (Wildman–Crippen LogP) is 9.14. The number of aliphatic hydroxyl groups is 1. The van der Waals surface area contributed by atoms with Crippen LogP contribution in [0.25, 0.3) is 0 Å². The van der Waals surface area contributed by atoms with E-state index in [2.05, 4.69) is 52.6 Å². The van der Waals surface area contributed by atoms with Crippen LogP contribution in [0.5, 0.6) is 0 Å². The molecule has 4 unspecified atom stereocenters. The predicted molar refractivity (Wildman–Crippen MR) is 181 cm³/mol. The van der Waals surface area contributed by atoms with Gasteiger partial charge in [0.2, 0.25) is 0 Å². The molecule has 0 amide bonds. The Morgan fingerprint density at radius 1 is 1.23 bits per heavy atom. The van der Waals surface area contributed by atoms with Gasteiger partial charge in [-0.3, -0.25) is 14.7 Å². The molecule has 0 radical (unpaired) electrons. The molecule has 0 spiro atoms. The van der Waals surface area contributed by atoms with Gasteiger partial charge in [0.1, 0.15) is 11.4 Å². The molecule has 6 nitrogen and oxygen atoms in total. The Bertz CT molecular complexity index is 1110. The minimum Gasteiger partial charge on any atom is -0.511 e. The normalized spacial score (nSPS) is 25.1. The second-order valence-corrected chi connectivity index (χ2v) is 13.7. The molecule has 0 heterocycles. The zero-order valence-electron chi connectivity index (χ0n) is 28.5. The van der Waals surface area contributed by atoms with E-state index in [1.807, 2.05) is 45.1 Å². The van der Waals surface area contributed by atoms with Gasteiger partial charge in [0, 0.05) is 12.0 Å². The molecule has 242 valence electrons. The molecule has 7 heteroatoms. The van der Waals surface area contributed by atoms with Crippen LogP contribution in [0, 0.1) is 23.2 Å².